The smallest absolute Gasteiger partial charge is 0.251 e. The Labute approximate surface area is 181 Å². The van der Waals surface area contributed by atoms with Crippen molar-refractivity contribution in [3.05, 3.63) is 24.2 Å². The van der Waals surface area contributed by atoms with E-state index in [9.17, 15) is 9.59 Å². The standard InChI is InChI=1S/C18H27N5O4.HI/c1-19-18(21-13-16(24)20-12-14-4-2-10-26-14)23-8-6-22(7-9-23)17(25)15-5-3-11-27-15;/h2,4,10,15H,3,5-9,11-13H2,1H3,(H,19,21)(H,20,24);1H. The number of aliphatic imine (C=N–C) groups is 1. The topological polar surface area (TPSA) is 99.4 Å². The van der Waals surface area contributed by atoms with Crippen LogP contribution in [-0.4, -0.2) is 80.1 Å². The minimum absolute atomic E-state index is 0. The Bertz CT molecular complexity index is 653. The molecule has 0 radical (unpaired) electrons. The Kier molecular flexibility index (Phi) is 9.03. The van der Waals surface area contributed by atoms with Crippen molar-refractivity contribution in [1.29, 1.82) is 0 Å². The summed E-state index contributed by atoms with van der Waals surface area (Å²) in [5.74, 6) is 1.32. The average Bonchev–Trinajstić information content (AvgIpc) is 3.41. The summed E-state index contributed by atoms with van der Waals surface area (Å²) in [6, 6.07) is 3.59. The SMILES string of the molecule is CN=C(NCC(=O)NCc1ccco1)N1CCN(C(=O)C2CCCO2)CC1.I. The number of ether oxygens (including phenoxy) is 1. The van der Waals surface area contributed by atoms with Gasteiger partial charge in [0.25, 0.3) is 5.91 Å². The van der Waals surface area contributed by atoms with E-state index < -0.39 is 0 Å². The fraction of sp³-hybridized carbons (Fsp3) is 0.611. The number of amides is 2. The zero-order valence-electron chi connectivity index (χ0n) is 16.1. The van der Waals surface area contributed by atoms with E-state index in [0.717, 1.165) is 12.8 Å². The molecule has 3 heterocycles. The summed E-state index contributed by atoms with van der Waals surface area (Å²) in [6.07, 6.45) is 3.07. The molecule has 2 fully saturated rings. The summed E-state index contributed by atoms with van der Waals surface area (Å²) in [5.41, 5.74) is 0. The van der Waals surface area contributed by atoms with Crippen molar-refractivity contribution in [2.45, 2.75) is 25.5 Å². The van der Waals surface area contributed by atoms with E-state index in [-0.39, 0.29) is 48.4 Å². The van der Waals surface area contributed by atoms with Gasteiger partial charge >= 0.3 is 0 Å². The van der Waals surface area contributed by atoms with Crippen molar-refractivity contribution in [2.24, 2.45) is 4.99 Å². The zero-order chi connectivity index (χ0) is 19.1. The summed E-state index contributed by atoms with van der Waals surface area (Å²) in [6.45, 7) is 3.76. The first-order valence-corrected chi connectivity index (χ1v) is 9.32. The van der Waals surface area contributed by atoms with Gasteiger partial charge in [-0.15, -0.1) is 24.0 Å². The second kappa shape index (κ2) is 11.2. The largest absolute Gasteiger partial charge is 0.467 e. The van der Waals surface area contributed by atoms with Crippen LogP contribution in [0.5, 0.6) is 0 Å². The lowest BCUT2D eigenvalue weighted by molar-refractivity contribution is -0.142. The number of piperazine rings is 1. The number of nitrogens with one attached hydrogen (secondary N) is 2. The molecule has 0 spiro atoms. The van der Waals surface area contributed by atoms with Crippen LogP contribution in [0.4, 0.5) is 0 Å². The molecule has 2 saturated heterocycles. The minimum atomic E-state index is -0.271. The lowest BCUT2D eigenvalue weighted by atomic mass is 10.2. The van der Waals surface area contributed by atoms with Gasteiger partial charge in [-0.1, -0.05) is 0 Å². The predicted octanol–water partition coefficient (Wildman–Crippen LogP) is 0.412. The highest BCUT2D eigenvalue weighted by Crippen LogP contribution is 2.16. The van der Waals surface area contributed by atoms with Crippen molar-refractivity contribution >= 4 is 41.8 Å². The quantitative estimate of drug-likeness (QED) is 0.342. The maximum Gasteiger partial charge on any atom is 0.251 e. The first-order chi connectivity index (χ1) is 13.2. The number of furan rings is 1. The molecule has 1 aromatic rings. The lowest BCUT2D eigenvalue weighted by Crippen LogP contribution is -2.56. The maximum absolute atomic E-state index is 12.4. The summed E-state index contributed by atoms with van der Waals surface area (Å²) >= 11 is 0. The van der Waals surface area contributed by atoms with E-state index in [1.54, 1.807) is 19.4 Å². The van der Waals surface area contributed by atoms with Crippen molar-refractivity contribution in [1.82, 2.24) is 20.4 Å². The second-order valence-electron chi connectivity index (χ2n) is 6.57. The Hall–Kier alpha value is -1.82. The van der Waals surface area contributed by atoms with Crippen molar-refractivity contribution < 1.29 is 18.7 Å². The van der Waals surface area contributed by atoms with Crippen molar-refractivity contribution in [3.63, 3.8) is 0 Å². The van der Waals surface area contributed by atoms with E-state index in [1.807, 2.05) is 11.0 Å². The van der Waals surface area contributed by atoms with Crippen LogP contribution in [0.3, 0.4) is 0 Å². The van der Waals surface area contributed by atoms with Gasteiger partial charge in [0.05, 0.1) is 19.4 Å². The van der Waals surface area contributed by atoms with Gasteiger partial charge in [0.15, 0.2) is 5.96 Å². The molecule has 1 aromatic heterocycles. The van der Waals surface area contributed by atoms with Crippen LogP contribution >= 0.6 is 24.0 Å². The van der Waals surface area contributed by atoms with Crippen LogP contribution in [0.2, 0.25) is 0 Å². The number of carbonyl (C=O) groups is 2. The summed E-state index contributed by atoms with van der Waals surface area (Å²) < 4.78 is 10.7. The molecule has 0 bridgehead atoms. The number of hydrogen-bond donors (Lipinski definition) is 2. The number of hydrogen-bond acceptors (Lipinski definition) is 5. The van der Waals surface area contributed by atoms with Crippen molar-refractivity contribution in [2.75, 3.05) is 46.4 Å². The summed E-state index contributed by atoms with van der Waals surface area (Å²) in [5, 5.41) is 5.86. The van der Waals surface area contributed by atoms with Gasteiger partial charge in [-0.3, -0.25) is 14.6 Å². The van der Waals surface area contributed by atoms with E-state index in [4.69, 9.17) is 9.15 Å². The van der Waals surface area contributed by atoms with Crippen LogP contribution in [0, 0.1) is 0 Å². The normalized spacial score (nSPS) is 19.9. The fourth-order valence-electron chi connectivity index (χ4n) is 3.27. The lowest BCUT2D eigenvalue weighted by Gasteiger charge is -2.37. The molecule has 0 aliphatic carbocycles. The Morgan fingerprint density at radius 1 is 1.21 bits per heavy atom. The molecule has 2 amide bonds. The van der Waals surface area contributed by atoms with Crippen molar-refractivity contribution in [3.8, 4) is 0 Å². The molecule has 28 heavy (non-hydrogen) atoms. The van der Waals surface area contributed by atoms with Gasteiger partial charge in [0.2, 0.25) is 5.91 Å². The number of carbonyl (C=O) groups excluding carboxylic acids is 2. The number of halogens is 1. The zero-order valence-corrected chi connectivity index (χ0v) is 18.4. The van der Waals surface area contributed by atoms with Gasteiger partial charge in [0.1, 0.15) is 11.9 Å². The number of rotatable bonds is 5. The molecule has 0 saturated carbocycles. The van der Waals surface area contributed by atoms with Gasteiger partial charge in [-0.25, -0.2) is 0 Å². The third kappa shape index (κ3) is 6.09. The molecule has 156 valence electrons. The molecule has 3 rings (SSSR count). The monoisotopic (exact) mass is 505 g/mol. The summed E-state index contributed by atoms with van der Waals surface area (Å²) in [7, 11) is 1.69. The van der Waals surface area contributed by atoms with Gasteiger partial charge in [-0.2, -0.15) is 0 Å². The van der Waals surface area contributed by atoms with E-state index in [0.29, 0.717) is 51.1 Å². The van der Waals surface area contributed by atoms with Crippen LogP contribution in [0.15, 0.2) is 27.8 Å². The fourth-order valence-corrected chi connectivity index (χ4v) is 3.27. The van der Waals surface area contributed by atoms with Crippen LogP contribution in [-0.2, 0) is 20.9 Å². The van der Waals surface area contributed by atoms with Crippen LogP contribution < -0.4 is 10.6 Å². The second-order valence-corrected chi connectivity index (χ2v) is 6.57. The Morgan fingerprint density at radius 3 is 2.57 bits per heavy atom. The average molecular weight is 505 g/mol. The predicted molar refractivity (Wildman–Crippen MR) is 114 cm³/mol. The highest BCUT2D eigenvalue weighted by molar-refractivity contribution is 14.0. The molecule has 10 heteroatoms. The third-order valence-corrected chi connectivity index (χ3v) is 4.75. The molecule has 2 aliphatic heterocycles. The van der Waals surface area contributed by atoms with E-state index in [1.165, 1.54) is 0 Å². The van der Waals surface area contributed by atoms with E-state index in [2.05, 4.69) is 20.5 Å². The first-order valence-electron chi connectivity index (χ1n) is 9.32. The van der Waals surface area contributed by atoms with Crippen LogP contribution in [0.1, 0.15) is 18.6 Å². The van der Waals surface area contributed by atoms with Gasteiger partial charge in [0, 0.05) is 39.8 Å². The minimum Gasteiger partial charge on any atom is -0.467 e. The first kappa shape index (κ1) is 22.5. The molecular formula is C18H28IN5O4. The summed E-state index contributed by atoms with van der Waals surface area (Å²) in [4.78, 5) is 32.5. The molecule has 1 unspecified atom stereocenters. The highest BCUT2D eigenvalue weighted by atomic mass is 127. The molecule has 9 nitrogen and oxygen atoms in total. The third-order valence-electron chi connectivity index (χ3n) is 4.75. The molecule has 0 aromatic carbocycles. The molecule has 1 atom stereocenters. The van der Waals surface area contributed by atoms with Crippen LogP contribution in [0.25, 0.3) is 0 Å². The molecule has 2 N–H and O–H groups in total. The van der Waals surface area contributed by atoms with Gasteiger partial charge < -0.3 is 29.6 Å². The maximum atomic E-state index is 12.4. The van der Waals surface area contributed by atoms with E-state index >= 15 is 0 Å². The van der Waals surface area contributed by atoms with Gasteiger partial charge in [-0.05, 0) is 25.0 Å². The Balaban J connectivity index is 0.00000280. The molecule has 2 aliphatic rings. The molecular weight excluding hydrogens is 477 g/mol. The number of nitrogens with zero attached hydrogens (tertiary/aromatic N) is 3. The number of guanidine groups is 1. The Morgan fingerprint density at radius 2 is 1.96 bits per heavy atom. The highest BCUT2D eigenvalue weighted by Gasteiger charge is 2.30.